The molecule has 2 aliphatic heterocycles. The van der Waals surface area contributed by atoms with Gasteiger partial charge in [0.15, 0.2) is 0 Å². The Labute approximate surface area is 126 Å². The lowest BCUT2D eigenvalue weighted by Crippen LogP contribution is -2.32. The third-order valence-corrected chi connectivity index (χ3v) is 4.55. The maximum absolute atomic E-state index is 11.9. The van der Waals surface area contributed by atoms with Gasteiger partial charge in [-0.3, -0.25) is 9.69 Å². The molecule has 0 bridgehead atoms. The first-order chi connectivity index (χ1) is 10.2. The summed E-state index contributed by atoms with van der Waals surface area (Å²) >= 11 is 0. The zero-order valence-electron chi connectivity index (χ0n) is 12.4. The fourth-order valence-corrected chi connectivity index (χ4v) is 3.42. The number of likely N-dealkylation sites (tertiary alicyclic amines) is 2. The van der Waals surface area contributed by atoms with E-state index < -0.39 is 0 Å². The number of amides is 1. The number of carbonyl (C=O) groups excluding carboxylic acids is 1. The van der Waals surface area contributed by atoms with Crippen LogP contribution in [0.15, 0.2) is 30.3 Å². The maximum Gasteiger partial charge on any atom is 0.223 e. The molecule has 2 atom stereocenters. The van der Waals surface area contributed by atoms with Crippen molar-refractivity contribution in [3.63, 3.8) is 0 Å². The molecule has 2 saturated heterocycles. The smallest absolute Gasteiger partial charge is 0.223 e. The van der Waals surface area contributed by atoms with Gasteiger partial charge >= 0.3 is 0 Å². The van der Waals surface area contributed by atoms with Crippen molar-refractivity contribution in [3.8, 4) is 12.3 Å². The van der Waals surface area contributed by atoms with E-state index >= 15 is 0 Å². The van der Waals surface area contributed by atoms with Crippen molar-refractivity contribution < 1.29 is 4.79 Å². The molecule has 21 heavy (non-hydrogen) atoms. The Morgan fingerprint density at radius 2 is 2.05 bits per heavy atom. The van der Waals surface area contributed by atoms with Crippen molar-refractivity contribution in [3.05, 3.63) is 35.9 Å². The topological polar surface area (TPSA) is 23.6 Å². The van der Waals surface area contributed by atoms with Crippen LogP contribution in [-0.2, 0) is 11.3 Å². The Bertz CT molecular complexity index is 534. The quantitative estimate of drug-likeness (QED) is 0.789. The fraction of sp³-hybridized carbons (Fsp3) is 0.500. The molecule has 1 amide bonds. The van der Waals surface area contributed by atoms with E-state index in [9.17, 15) is 4.79 Å². The van der Waals surface area contributed by atoms with Crippen LogP contribution in [0.3, 0.4) is 0 Å². The van der Waals surface area contributed by atoms with Crippen LogP contribution < -0.4 is 0 Å². The highest BCUT2D eigenvalue weighted by atomic mass is 16.2. The molecule has 0 spiro atoms. The van der Waals surface area contributed by atoms with Gasteiger partial charge in [0.2, 0.25) is 5.91 Å². The van der Waals surface area contributed by atoms with E-state index in [1.165, 1.54) is 12.0 Å². The summed E-state index contributed by atoms with van der Waals surface area (Å²) in [5.74, 6) is 3.67. The average molecular weight is 282 g/mol. The summed E-state index contributed by atoms with van der Waals surface area (Å²) in [6.07, 6.45) is 7.15. The maximum atomic E-state index is 11.9. The number of benzene rings is 1. The molecule has 0 saturated carbocycles. The van der Waals surface area contributed by atoms with Crippen molar-refractivity contribution in [1.29, 1.82) is 0 Å². The molecule has 2 aliphatic rings. The zero-order valence-corrected chi connectivity index (χ0v) is 12.4. The monoisotopic (exact) mass is 282 g/mol. The minimum atomic E-state index is 0.124. The summed E-state index contributed by atoms with van der Waals surface area (Å²) in [7, 11) is 0. The number of hydrogen-bond donors (Lipinski definition) is 0. The first-order valence-corrected chi connectivity index (χ1v) is 7.75. The van der Waals surface area contributed by atoms with E-state index in [0.29, 0.717) is 12.3 Å². The fourth-order valence-electron chi connectivity index (χ4n) is 3.42. The summed E-state index contributed by atoms with van der Waals surface area (Å²) < 4.78 is 0. The number of nitrogens with zero attached hydrogens (tertiary/aromatic N) is 2. The molecule has 3 heteroatoms. The lowest BCUT2D eigenvalue weighted by atomic mass is 10.1. The zero-order chi connectivity index (χ0) is 14.7. The minimum absolute atomic E-state index is 0.124. The Hall–Kier alpha value is -1.79. The highest BCUT2D eigenvalue weighted by Gasteiger charge is 2.32. The van der Waals surface area contributed by atoms with Gasteiger partial charge in [-0.1, -0.05) is 30.3 Å². The van der Waals surface area contributed by atoms with Crippen molar-refractivity contribution in [2.75, 3.05) is 26.2 Å². The third kappa shape index (κ3) is 3.46. The normalized spacial score (nSPS) is 26.2. The summed E-state index contributed by atoms with van der Waals surface area (Å²) in [4.78, 5) is 16.4. The Kier molecular flexibility index (Phi) is 4.26. The van der Waals surface area contributed by atoms with Gasteiger partial charge in [0.05, 0.1) is 0 Å². The molecule has 2 heterocycles. The largest absolute Gasteiger partial charge is 0.341 e. The second kappa shape index (κ2) is 6.32. The molecule has 2 unspecified atom stereocenters. The van der Waals surface area contributed by atoms with Gasteiger partial charge in [0.1, 0.15) is 0 Å². The molecule has 3 rings (SSSR count). The molecule has 0 aromatic heterocycles. The van der Waals surface area contributed by atoms with E-state index in [1.807, 2.05) is 4.90 Å². The standard InChI is InChI=1S/C18H22N2O/c1-2-15-10-18(21)20(13-15)14-17-8-9-19(12-17)11-16-6-4-3-5-7-16/h1,3-7,15,17H,8-14H2. The molecule has 0 aliphatic carbocycles. The van der Waals surface area contributed by atoms with Crippen molar-refractivity contribution in [2.45, 2.75) is 19.4 Å². The summed E-state index contributed by atoms with van der Waals surface area (Å²) in [6, 6.07) is 10.6. The van der Waals surface area contributed by atoms with E-state index in [2.05, 4.69) is 41.2 Å². The van der Waals surface area contributed by atoms with Gasteiger partial charge < -0.3 is 4.90 Å². The predicted octanol–water partition coefficient (Wildman–Crippen LogP) is 1.99. The third-order valence-electron chi connectivity index (χ3n) is 4.55. The van der Waals surface area contributed by atoms with Crippen LogP contribution in [0.25, 0.3) is 0 Å². The van der Waals surface area contributed by atoms with Crippen LogP contribution in [0.5, 0.6) is 0 Å². The highest BCUT2D eigenvalue weighted by molar-refractivity contribution is 5.79. The number of carbonyl (C=O) groups is 1. The lowest BCUT2D eigenvalue weighted by molar-refractivity contribution is -0.128. The minimum Gasteiger partial charge on any atom is -0.341 e. The van der Waals surface area contributed by atoms with E-state index in [1.54, 1.807) is 0 Å². The molecule has 110 valence electrons. The SMILES string of the molecule is C#CC1CC(=O)N(CC2CCN(Cc3ccccc3)C2)C1. The lowest BCUT2D eigenvalue weighted by Gasteiger charge is -2.21. The highest BCUT2D eigenvalue weighted by Crippen LogP contribution is 2.23. The second-order valence-corrected chi connectivity index (χ2v) is 6.24. The predicted molar refractivity (Wildman–Crippen MR) is 83.3 cm³/mol. The van der Waals surface area contributed by atoms with Crippen LogP contribution in [0, 0.1) is 24.2 Å². The molecule has 0 radical (unpaired) electrons. The molecular formula is C18H22N2O. The van der Waals surface area contributed by atoms with E-state index in [4.69, 9.17) is 6.42 Å². The van der Waals surface area contributed by atoms with Crippen LogP contribution in [0.1, 0.15) is 18.4 Å². The summed E-state index contributed by atoms with van der Waals surface area (Å²) in [5.41, 5.74) is 1.36. The molecular weight excluding hydrogens is 260 g/mol. The van der Waals surface area contributed by atoms with Crippen molar-refractivity contribution in [1.82, 2.24) is 9.80 Å². The number of hydrogen-bond acceptors (Lipinski definition) is 2. The first kappa shape index (κ1) is 14.2. The molecule has 0 N–H and O–H groups in total. The number of rotatable bonds is 4. The molecule has 1 aromatic carbocycles. The molecule has 2 fully saturated rings. The van der Waals surface area contributed by atoms with Gasteiger partial charge in [-0.15, -0.1) is 12.3 Å². The first-order valence-electron chi connectivity index (χ1n) is 7.75. The molecule has 1 aromatic rings. The van der Waals surface area contributed by atoms with Crippen LogP contribution in [-0.4, -0.2) is 41.9 Å². The van der Waals surface area contributed by atoms with Crippen LogP contribution >= 0.6 is 0 Å². The number of terminal acetylenes is 1. The van der Waals surface area contributed by atoms with Crippen molar-refractivity contribution >= 4 is 5.91 Å². The van der Waals surface area contributed by atoms with Gasteiger partial charge in [-0.05, 0) is 24.4 Å². The van der Waals surface area contributed by atoms with Gasteiger partial charge in [0.25, 0.3) is 0 Å². The van der Waals surface area contributed by atoms with Crippen molar-refractivity contribution in [2.24, 2.45) is 11.8 Å². The van der Waals surface area contributed by atoms with Gasteiger partial charge in [-0.2, -0.15) is 0 Å². The Morgan fingerprint density at radius 3 is 2.76 bits per heavy atom. The van der Waals surface area contributed by atoms with Crippen LogP contribution in [0.2, 0.25) is 0 Å². The summed E-state index contributed by atoms with van der Waals surface area (Å²) in [5, 5.41) is 0. The average Bonchev–Trinajstić information content (AvgIpc) is 3.08. The molecule has 3 nitrogen and oxygen atoms in total. The summed E-state index contributed by atoms with van der Waals surface area (Å²) in [6.45, 7) is 4.85. The van der Waals surface area contributed by atoms with E-state index in [-0.39, 0.29) is 11.8 Å². The Morgan fingerprint density at radius 1 is 1.24 bits per heavy atom. The Balaban J connectivity index is 1.49. The van der Waals surface area contributed by atoms with Gasteiger partial charge in [-0.25, -0.2) is 0 Å². The van der Waals surface area contributed by atoms with Gasteiger partial charge in [0, 0.05) is 38.5 Å². The van der Waals surface area contributed by atoms with E-state index in [0.717, 1.165) is 32.7 Å². The van der Waals surface area contributed by atoms with Crippen LogP contribution in [0.4, 0.5) is 0 Å². The second-order valence-electron chi connectivity index (χ2n) is 6.24.